The zero-order valence-corrected chi connectivity index (χ0v) is 16.0. The number of nitrogens with one attached hydrogen (secondary N) is 2. The Hall–Kier alpha value is -1.15. The first kappa shape index (κ1) is 22.9. The summed E-state index contributed by atoms with van der Waals surface area (Å²) >= 11 is 0. The second-order valence-corrected chi connectivity index (χ2v) is 8.05. The van der Waals surface area contributed by atoms with Crippen LogP contribution in [0.2, 0.25) is 0 Å². The topological polar surface area (TPSA) is 101 Å². The van der Waals surface area contributed by atoms with Crippen LogP contribution in [0, 0.1) is 5.92 Å². The van der Waals surface area contributed by atoms with E-state index in [2.05, 4.69) is 23.9 Å². The summed E-state index contributed by atoms with van der Waals surface area (Å²) in [6, 6.07) is 6.82. The molecule has 1 atom stereocenters. The molecule has 0 heterocycles. The van der Waals surface area contributed by atoms with Crippen molar-refractivity contribution in [3.05, 3.63) is 35.4 Å². The van der Waals surface area contributed by atoms with Gasteiger partial charge in [-0.3, -0.25) is 4.79 Å². The summed E-state index contributed by atoms with van der Waals surface area (Å²) in [6.07, 6.45) is 0.832. The van der Waals surface area contributed by atoms with Gasteiger partial charge in [0.15, 0.2) is 0 Å². The average Bonchev–Trinajstić information content (AvgIpc) is 2.52. The maximum Gasteiger partial charge on any atom is 0.251 e. The highest BCUT2D eigenvalue weighted by Crippen LogP contribution is 2.08. The van der Waals surface area contributed by atoms with Gasteiger partial charge in [0.1, 0.15) is 0 Å². The quantitative estimate of drug-likeness (QED) is 0.609. The van der Waals surface area contributed by atoms with Gasteiger partial charge in [-0.1, -0.05) is 26.0 Å². The van der Waals surface area contributed by atoms with E-state index in [1.165, 1.54) is 0 Å². The lowest BCUT2D eigenvalue weighted by atomic mass is 10.0. The minimum Gasteiger partial charge on any atom is -0.348 e. The smallest absolute Gasteiger partial charge is 0.251 e. The third-order valence-corrected chi connectivity index (χ3v) is 4.81. The van der Waals surface area contributed by atoms with Crippen molar-refractivity contribution in [2.75, 3.05) is 12.3 Å². The van der Waals surface area contributed by atoms with E-state index >= 15 is 0 Å². The fourth-order valence-corrected chi connectivity index (χ4v) is 2.71. The predicted molar refractivity (Wildman–Crippen MR) is 99.8 cm³/mol. The Bertz CT molecular complexity index is 603. The molecule has 4 N–H and O–H groups in total. The highest BCUT2D eigenvalue weighted by Gasteiger charge is 2.14. The summed E-state index contributed by atoms with van der Waals surface area (Å²) in [4.78, 5) is 12.2. The molecule has 1 amide bonds. The molecule has 1 rings (SSSR count). The van der Waals surface area contributed by atoms with Crippen molar-refractivity contribution in [1.82, 2.24) is 10.0 Å². The van der Waals surface area contributed by atoms with Crippen LogP contribution < -0.4 is 15.8 Å². The molecular weight excluding hydrogens is 350 g/mol. The van der Waals surface area contributed by atoms with Crippen molar-refractivity contribution in [3.63, 3.8) is 0 Å². The molecule has 138 valence electrons. The van der Waals surface area contributed by atoms with Crippen LogP contribution in [0.3, 0.4) is 0 Å². The summed E-state index contributed by atoms with van der Waals surface area (Å²) in [5.74, 6) is 0.337. The molecule has 0 aliphatic rings. The largest absolute Gasteiger partial charge is 0.348 e. The maximum atomic E-state index is 12.2. The minimum absolute atomic E-state index is 0. The van der Waals surface area contributed by atoms with Crippen molar-refractivity contribution in [2.45, 2.75) is 39.8 Å². The first-order chi connectivity index (χ1) is 10.8. The molecule has 0 aromatic heterocycles. The van der Waals surface area contributed by atoms with E-state index in [1.807, 2.05) is 0 Å². The van der Waals surface area contributed by atoms with E-state index in [9.17, 15) is 13.2 Å². The van der Waals surface area contributed by atoms with Gasteiger partial charge in [-0.15, -0.1) is 12.4 Å². The zero-order chi connectivity index (χ0) is 17.5. The van der Waals surface area contributed by atoms with E-state index in [-0.39, 0.29) is 36.7 Å². The van der Waals surface area contributed by atoms with Crippen molar-refractivity contribution < 1.29 is 13.2 Å². The molecule has 0 aliphatic heterocycles. The summed E-state index contributed by atoms with van der Waals surface area (Å²) in [7, 11) is -3.22. The number of rotatable bonds is 9. The Morgan fingerprint density at radius 3 is 2.25 bits per heavy atom. The van der Waals surface area contributed by atoms with Crippen LogP contribution >= 0.6 is 12.4 Å². The van der Waals surface area contributed by atoms with Gasteiger partial charge >= 0.3 is 0 Å². The van der Waals surface area contributed by atoms with Crippen LogP contribution in [-0.4, -0.2) is 32.7 Å². The summed E-state index contributed by atoms with van der Waals surface area (Å²) in [6.45, 7) is 6.38. The van der Waals surface area contributed by atoms with Gasteiger partial charge < -0.3 is 11.1 Å². The summed E-state index contributed by atoms with van der Waals surface area (Å²) < 4.78 is 25.3. The Morgan fingerprint density at radius 1 is 1.21 bits per heavy atom. The first-order valence-electron chi connectivity index (χ1n) is 7.84. The second kappa shape index (κ2) is 10.7. The molecule has 0 fully saturated rings. The SMILES string of the molecule is CCS(=O)(=O)NCc1ccc(C(=O)NC(CN)CC(C)C)cc1.Cl. The van der Waals surface area contributed by atoms with Crippen LogP contribution in [0.5, 0.6) is 0 Å². The van der Waals surface area contributed by atoms with Crippen molar-refractivity contribution in [2.24, 2.45) is 11.7 Å². The summed E-state index contributed by atoms with van der Waals surface area (Å²) in [5.41, 5.74) is 7.02. The van der Waals surface area contributed by atoms with Crippen LogP contribution in [0.1, 0.15) is 43.1 Å². The average molecular weight is 378 g/mol. The number of carbonyl (C=O) groups excluding carboxylic acids is 1. The van der Waals surface area contributed by atoms with Crippen LogP contribution in [-0.2, 0) is 16.6 Å². The normalized spacial score (nSPS) is 12.5. The highest BCUT2D eigenvalue weighted by molar-refractivity contribution is 7.89. The lowest BCUT2D eigenvalue weighted by Gasteiger charge is -2.18. The van der Waals surface area contributed by atoms with Gasteiger partial charge in [0, 0.05) is 24.7 Å². The van der Waals surface area contributed by atoms with E-state index in [4.69, 9.17) is 5.73 Å². The van der Waals surface area contributed by atoms with Crippen molar-refractivity contribution in [3.8, 4) is 0 Å². The molecule has 6 nitrogen and oxygen atoms in total. The predicted octanol–water partition coefficient (Wildman–Crippen LogP) is 1.65. The number of halogens is 1. The van der Waals surface area contributed by atoms with Gasteiger partial charge in [-0.2, -0.15) is 0 Å². The number of hydrogen-bond acceptors (Lipinski definition) is 4. The van der Waals surface area contributed by atoms with Gasteiger partial charge in [0.2, 0.25) is 10.0 Å². The van der Waals surface area contributed by atoms with Gasteiger partial charge in [0.05, 0.1) is 5.75 Å². The number of carbonyl (C=O) groups is 1. The standard InChI is InChI=1S/C16H27N3O3S.ClH/c1-4-23(21,22)18-11-13-5-7-14(8-6-13)16(20)19-15(10-17)9-12(2)3;/h5-8,12,15,18H,4,9-11,17H2,1-3H3,(H,19,20);1H. The third-order valence-electron chi connectivity index (χ3n) is 3.47. The third kappa shape index (κ3) is 8.10. The minimum atomic E-state index is -3.22. The number of hydrogen-bond donors (Lipinski definition) is 3. The maximum absolute atomic E-state index is 12.2. The van der Waals surface area contributed by atoms with Gasteiger partial charge in [-0.05, 0) is 37.0 Å². The Morgan fingerprint density at radius 2 is 1.79 bits per heavy atom. The molecule has 0 radical (unpaired) electrons. The van der Waals surface area contributed by atoms with Crippen molar-refractivity contribution in [1.29, 1.82) is 0 Å². The lowest BCUT2D eigenvalue weighted by Crippen LogP contribution is -2.41. The van der Waals surface area contributed by atoms with Gasteiger partial charge in [-0.25, -0.2) is 13.1 Å². The van der Waals surface area contributed by atoms with Crippen LogP contribution in [0.4, 0.5) is 0 Å². The Labute approximate surface area is 151 Å². The molecule has 0 aliphatic carbocycles. The Kier molecular flexibility index (Phi) is 10.1. The number of benzene rings is 1. The molecule has 1 aromatic rings. The Balaban J connectivity index is 0.00000529. The molecule has 0 saturated carbocycles. The number of sulfonamides is 1. The van der Waals surface area contributed by atoms with Gasteiger partial charge in [0.25, 0.3) is 5.91 Å². The van der Waals surface area contributed by atoms with Crippen LogP contribution in [0.25, 0.3) is 0 Å². The monoisotopic (exact) mass is 377 g/mol. The molecule has 8 heteroatoms. The fourth-order valence-electron chi connectivity index (χ4n) is 2.12. The lowest BCUT2D eigenvalue weighted by molar-refractivity contribution is 0.0933. The molecule has 0 spiro atoms. The fraction of sp³-hybridized carbons (Fsp3) is 0.562. The van der Waals surface area contributed by atoms with E-state index in [0.29, 0.717) is 18.0 Å². The molecule has 24 heavy (non-hydrogen) atoms. The number of nitrogens with two attached hydrogens (primary N) is 1. The van der Waals surface area contributed by atoms with E-state index in [0.717, 1.165) is 12.0 Å². The number of amides is 1. The second-order valence-electron chi connectivity index (χ2n) is 5.96. The first-order valence-corrected chi connectivity index (χ1v) is 9.49. The molecular formula is C16H28ClN3O3S. The molecule has 1 unspecified atom stereocenters. The summed E-state index contributed by atoms with van der Waals surface area (Å²) in [5, 5.41) is 2.92. The van der Waals surface area contributed by atoms with Crippen LogP contribution in [0.15, 0.2) is 24.3 Å². The highest BCUT2D eigenvalue weighted by atomic mass is 35.5. The zero-order valence-electron chi connectivity index (χ0n) is 14.4. The van der Waals surface area contributed by atoms with E-state index < -0.39 is 10.0 Å². The van der Waals surface area contributed by atoms with Crippen molar-refractivity contribution >= 4 is 28.3 Å². The molecule has 0 bridgehead atoms. The molecule has 1 aromatic carbocycles. The van der Waals surface area contributed by atoms with E-state index in [1.54, 1.807) is 31.2 Å². The molecule has 0 saturated heterocycles.